The van der Waals surface area contributed by atoms with Crippen molar-refractivity contribution >= 4 is 11.6 Å². The third-order valence-corrected chi connectivity index (χ3v) is 3.34. The van der Waals surface area contributed by atoms with Crippen LogP contribution in [-0.4, -0.2) is 5.96 Å². The molecule has 0 radical (unpaired) electrons. The van der Waals surface area contributed by atoms with Gasteiger partial charge in [-0.1, -0.05) is 55.8 Å². The summed E-state index contributed by atoms with van der Waals surface area (Å²) in [5, 5.41) is 3.15. The van der Waals surface area contributed by atoms with E-state index in [2.05, 4.69) is 61.4 Å². The topological polar surface area (TPSA) is 50.4 Å². The lowest BCUT2D eigenvalue weighted by molar-refractivity contribution is 0.867. The molecule has 2 rings (SSSR count). The van der Waals surface area contributed by atoms with E-state index in [0.717, 1.165) is 11.3 Å². The van der Waals surface area contributed by atoms with Crippen LogP contribution < -0.4 is 11.1 Å². The average molecular weight is 281 g/mol. The maximum Gasteiger partial charge on any atom is 0.193 e. The fourth-order valence-corrected chi connectivity index (χ4v) is 2.15. The van der Waals surface area contributed by atoms with Crippen LogP contribution in [0.5, 0.6) is 0 Å². The van der Waals surface area contributed by atoms with E-state index in [0.29, 0.717) is 18.4 Å². The zero-order valence-electron chi connectivity index (χ0n) is 12.9. The van der Waals surface area contributed by atoms with E-state index in [1.165, 1.54) is 11.1 Å². The van der Waals surface area contributed by atoms with E-state index < -0.39 is 0 Å². The monoisotopic (exact) mass is 281 g/mol. The quantitative estimate of drug-likeness (QED) is 0.656. The van der Waals surface area contributed by atoms with Gasteiger partial charge in [0.05, 0.1) is 6.54 Å². The van der Waals surface area contributed by atoms with Gasteiger partial charge in [0.15, 0.2) is 5.96 Å². The van der Waals surface area contributed by atoms with Gasteiger partial charge in [-0.25, -0.2) is 4.99 Å². The Hall–Kier alpha value is -2.29. The van der Waals surface area contributed by atoms with Gasteiger partial charge >= 0.3 is 0 Å². The van der Waals surface area contributed by atoms with E-state index in [-0.39, 0.29) is 0 Å². The van der Waals surface area contributed by atoms with Gasteiger partial charge in [-0.3, -0.25) is 0 Å². The van der Waals surface area contributed by atoms with Crippen molar-refractivity contribution in [3.63, 3.8) is 0 Å². The summed E-state index contributed by atoms with van der Waals surface area (Å²) in [6.07, 6.45) is 0. The van der Waals surface area contributed by atoms with E-state index in [9.17, 15) is 0 Å². The van der Waals surface area contributed by atoms with Crippen molar-refractivity contribution in [3.8, 4) is 0 Å². The van der Waals surface area contributed by atoms with Crippen LogP contribution >= 0.6 is 0 Å². The molecule has 3 heteroatoms. The largest absolute Gasteiger partial charge is 0.370 e. The molecule has 2 aromatic carbocycles. The number of guanidine groups is 1. The van der Waals surface area contributed by atoms with Gasteiger partial charge in [0.1, 0.15) is 0 Å². The lowest BCUT2D eigenvalue weighted by atomic mass is 10.0. The molecule has 0 fully saturated rings. The van der Waals surface area contributed by atoms with Crippen LogP contribution in [0.2, 0.25) is 0 Å². The average Bonchev–Trinajstić information content (AvgIpc) is 2.45. The first-order valence-corrected chi connectivity index (χ1v) is 7.27. The number of anilines is 1. The van der Waals surface area contributed by atoms with E-state index in [1.54, 1.807) is 0 Å². The fraction of sp³-hybridized carbons (Fsp3) is 0.278. The molecule has 21 heavy (non-hydrogen) atoms. The summed E-state index contributed by atoms with van der Waals surface area (Å²) in [4.78, 5) is 4.39. The maximum atomic E-state index is 5.96. The minimum atomic E-state index is 0.442. The molecule has 0 aromatic heterocycles. The number of nitrogens with two attached hydrogens (primary N) is 1. The first kappa shape index (κ1) is 15.1. The van der Waals surface area contributed by atoms with Gasteiger partial charge in [0.2, 0.25) is 0 Å². The van der Waals surface area contributed by atoms with Crippen molar-refractivity contribution in [1.82, 2.24) is 0 Å². The Balaban J connectivity index is 2.02. The Morgan fingerprint density at radius 1 is 1.14 bits per heavy atom. The summed E-state index contributed by atoms with van der Waals surface area (Å²) in [5.74, 6) is 0.939. The first-order chi connectivity index (χ1) is 10.0. The number of aliphatic imine (C=N–C) groups is 1. The SMILES string of the molecule is Cc1cccc(CN=C(N)Nc2cccc(C(C)C)c2)c1. The van der Waals surface area contributed by atoms with Crippen molar-refractivity contribution in [2.45, 2.75) is 33.2 Å². The molecule has 0 atom stereocenters. The lowest BCUT2D eigenvalue weighted by Crippen LogP contribution is -2.22. The Labute approximate surface area is 126 Å². The van der Waals surface area contributed by atoms with Crippen LogP contribution in [0.4, 0.5) is 5.69 Å². The number of benzene rings is 2. The number of aryl methyl sites for hydroxylation is 1. The van der Waals surface area contributed by atoms with Crippen LogP contribution in [-0.2, 0) is 6.54 Å². The Morgan fingerprint density at radius 2 is 1.90 bits per heavy atom. The zero-order chi connectivity index (χ0) is 15.2. The van der Waals surface area contributed by atoms with Crippen LogP contribution in [0.1, 0.15) is 36.5 Å². The maximum absolute atomic E-state index is 5.96. The van der Waals surface area contributed by atoms with E-state index in [1.807, 2.05) is 18.2 Å². The molecule has 0 amide bonds. The predicted octanol–water partition coefficient (Wildman–Crippen LogP) is 4.05. The summed E-state index contributed by atoms with van der Waals surface area (Å²) in [5.41, 5.74) is 10.6. The van der Waals surface area contributed by atoms with Crippen LogP contribution in [0.15, 0.2) is 53.5 Å². The van der Waals surface area contributed by atoms with Gasteiger partial charge in [0.25, 0.3) is 0 Å². The van der Waals surface area contributed by atoms with Crippen molar-refractivity contribution in [1.29, 1.82) is 0 Å². The highest BCUT2D eigenvalue weighted by molar-refractivity contribution is 5.92. The summed E-state index contributed by atoms with van der Waals surface area (Å²) >= 11 is 0. The number of rotatable bonds is 4. The normalized spacial score (nSPS) is 11.7. The molecule has 0 unspecified atom stereocenters. The van der Waals surface area contributed by atoms with E-state index in [4.69, 9.17) is 5.73 Å². The molecule has 2 aromatic rings. The highest BCUT2D eigenvalue weighted by atomic mass is 15.1. The second kappa shape index (κ2) is 6.93. The lowest BCUT2D eigenvalue weighted by Gasteiger charge is -2.10. The molecule has 0 bridgehead atoms. The fourth-order valence-electron chi connectivity index (χ4n) is 2.15. The van der Waals surface area contributed by atoms with Crippen molar-refractivity contribution in [3.05, 3.63) is 65.2 Å². The molecule has 3 nitrogen and oxygen atoms in total. The second-order valence-electron chi connectivity index (χ2n) is 5.60. The third kappa shape index (κ3) is 4.63. The van der Waals surface area contributed by atoms with Gasteiger partial charge in [0, 0.05) is 5.69 Å². The third-order valence-electron chi connectivity index (χ3n) is 3.34. The molecule has 0 aliphatic carbocycles. The van der Waals surface area contributed by atoms with Crippen LogP contribution in [0, 0.1) is 6.92 Å². The molecule has 3 N–H and O–H groups in total. The zero-order valence-corrected chi connectivity index (χ0v) is 12.9. The minimum Gasteiger partial charge on any atom is -0.370 e. The smallest absolute Gasteiger partial charge is 0.193 e. The number of hydrogen-bond acceptors (Lipinski definition) is 1. The molecule has 0 heterocycles. The predicted molar refractivity (Wildman–Crippen MR) is 90.7 cm³/mol. The standard InChI is InChI=1S/C18H23N3/c1-13(2)16-8-5-9-17(11-16)21-18(19)20-12-15-7-4-6-14(3)10-15/h4-11,13H,12H2,1-3H3,(H3,19,20,21). The Morgan fingerprint density at radius 3 is 2.62 bits per heavy atom. The summed E-state index contributed by atoms with van der Waals surface area (Å²) in [6, 6.07) is 16.6. The first-order valence-electron chi connectivity index (χ1n) is 7.27. The van der Waals surface area contributed by atoms with Crippen molar-refractivity contribution in [2.75, 3.05) is 5.32 Å². The second-order valence-corrected chi connectivity index (χ2v) is 5.60. The summed E-state index contributed by atoms with van der Waals surface area (Å²) in [7, 11) is 0. The molecule has 0 saturated heterocycles. The van der Waals surface area contributed by atoms with Crippen LogP contribution in [0.3, 0.4) is 0 Å². The molecule has 0 saturated carbocycles. The van der Waals surface area contributed by atoms with Crippen LogP contribution in [0.25, 0.3) is 0 Å². The molecule has 0 aliphatic heterocycles. The van der Waals surface area contributed by atoms with Gasteiger partial charge in [-0.2, -0.15) is 0 Å². The molecule has 110 valence electrons. The molecular formula is C18H23N3. The Bertz CT molecular complexity index is 630. The minimum absolute atomic E-state index is 0.442. The number of hydrogen-bond donors (Lipinski definition) is 2. The van der Waals surface area contributed by atoms with Gasteiger partial charge in [-0.15, -0.1) is 0 Å². The Kier molecular flexibility index (Phi) is 4.99. The van der Waals surface area contributed by atoms with E-state index >= 15 is 0 Å². The van der Waals surface area contributed by atoms with Crippen molar-refractivity contribution < 1.29 is 0 Å². The molecule has 0 aliphatic rings. The highest BCUT2D eigenvalue weighted by Gasteiger charge is 2.01. The van der Waals surface area contributed by atoms with Gasteiger partial charge in [-0.05, 0) is 36.1 Å². The number of nitrogens with one attached hydrogen (secondary N) is 1. The summed E-state index contributed by atoms with van der Waals surface area (Å²) < 4.78 is 0. The molecule has 0 spiro atoms. The molecular weight excluding hydrogens is 258 g/mol. The number of nitrogens with zero attached hydrogens (tertiary/aromatic N) is 1. The highest BCUT2D eigenvalue weighted by Crippen LogP contribution is 2.18. The van der Waals surface area contributed by atoms with Crippen molar-refractivity contribution in [2.24, 2.45) is 10.7 Å². The van der Waals surface area contributed by atoms with Gasteiger partial charge < -0.3 is 11.1 Å². The summed E-state index contributed by atoms with van der Waals surface area (Å²) in [6.45, 7) is 7.01.